The minimum absolute atomic E-state index is 0.00487. The predicted octanol–water partition coefficient (Wildman–Crippen LogP) is 14.0. The number of hydrogen-bond acceptors (Lipinski definition) is 0. The van der Waals surface area contributed by atoms with Gasteiger partial charge in [-0.2, -0.15) is 0 Å². The van der Waals surface area contributed by atoms with Crippen LogP contribution in [0.2, 0.25) is 0 Å². The molecule has 8 heteroatoms. The largest absolute Gasteiger partial charge is 0.209 e. The summed E-state index contributed by atoms with van der Waals surface area (Å²) in [5.41, 5.74) is 0.169. The molecule has 0 saturated heterocycles. The number of halogens is 8. The topological polar surface area (TPSA) is 0 Å². The van der Waals surface area contributed by atoms with Gasteiger partial charge in [-0.15, -0.1) is 0 Å². The lowest BCUT2D eigenvalue weighted by molar-refractivity contribution is 0.249. The van der Waals surface area contributed by atoms with E-state index in [1.165, 1.54) is 12.1 Å². The standard InChI is InChI=1S/C41H44F8/c1-2-3-4-5-6-7-33(42)40(48)29-18-19-32(34(43)20-29)31-23-35(44)39(36(45)24-31)28-16-12-26(13-17-28)9-8-25-10-14-27(15-11-25)30-21-37(46)41(49)38(47)22-30/h2-3,18-28H,4-17H2,1H3. The van der Waals surface area contributed by atoms with Crippen LogP contribution in [0.4, 0.5) is 35.1 Å². The van der Waals surface area contributed by atoms with E-state index in [1.54, 1.807) is 0 Å². The Hall–Kier alpha value is -3.42. The van der Waals surface area contributed by atoms with Crippen LogP contribution in [0.5, 0.6) is 0 Å². The Morgan fingerprint density at radius 1 is 0.653 bits per heavy atom. The molecule has 0 nitrogen and oxygen atoms in total. The van der Waals surface area contributed by atoms with Crippen LogP contribution in [-0.2, 0) is 0 Å². The third-order valence-corrected chi connectivity index (χ3v) is 10.7. The summed E-state index contributed by atoms with van der Waals surface area (Å²) in [6.45, 7) is 1.89. The first kappa shape index (κ1) is 36.9. The Morgan fingerprint density at radius 2 is 1.22 bits per heavy atom. The van der Waals surface area contributed by atoms with Crippen molar-refractivity contribution in [1.29, 1.82) is 0 Å². The predicted molar refractivity (Wildman–Crippen MR) is 179 cm³/mol. The van der Waals surface area contributed by atoms with E-state index < -0.39 is 46.6 Å². The van der Waals surface area contributed by atoms with Gasteiger partial charge in [-0.3, -0.25) is 0 Å². The molecular formula is C41H44F8. The molecule has 2 aliphatic carbocycles. The third-order valence-electron chi connectivity index (χ3n) is 10.7. The molecule has 0 N–H and O–H groups in total. The van der Waals surface area contributed by atoms with Gasteiger partial charge in [0.1, 0.15) is 23.3 Å². The lowest BCUT2D eigenvalue weighted by atomic mass is 9.73. The van der Waals surface area contributed by atoms with E-state index in [0.717, 1.165) is 88.1 Å². The van der Waals surface area contributed by atoms with E-state index in [1.807, 2.05) is 19.1 Å². The fourth-order valence-electron chi connectivity index (χ4n) is 7.80. The average molecular weight is 689 g/mol. The molecule has 0 heterocycles. The highest BCUT2D eigenvalue weighted by molar-refractivity contribution is 5.69. The molecule has 0 atom stereocenters. The van der Waals surface area contributed by atoms with Gasteiger partial charge in [-0.25, -0.2) is 35.1 Å². The van der Waals surface area contributed by atoms with Gasteiger partial charge in [-0.05, 0) is 143 Å². The van der Waals surface area contributed by atoms with Crippen molar-refractivity contribution in [3.63, 3.8) is 0 Å². The summed E-state index contributed by atoms with van der Waals surface area (Å²) in [6, 6.07) is 7.74. The molecule has 2 aliphatic rings. The fourth-order valence-corrected chi connectivity index (χ4v) is 7.80. The van der Waals surface area contributed by atoms with Crippen molar-refractivity contribution >= 4 is 5.83 Å². The van der Waals surface area contributed by atoms with Gasteiger partial charge in [0.2, 0.25) is 0 Å². The second kappa shape index (κ2) is 17.0. The third kappa shape index (κ3) is 9.23. The summed E-state index contributed by atoms with van der Waals surface area (Å²) >= 11 is 0. The molecule has 0 bridgehead atoms. The first-order valence-corrected chi connectivity index (χ1v) is 17.6. The first-order chi connectivity index (χ1) is 23.5. The molecule has 0 amide bonds. The lowest BCUT2D eigenvalue weighted by Gasteiger charge is -2.32. The first-order valence-electron chi connectivity index (χ1n) is 17.6. The molecule has 0 aromatic heterocycles. The normalized spacial score (nSPS) is 22.1. The molecule has 2 fully saturated rings. The monoisotopic (exact) mass is 688 g/mol. The molecule has 49 heavy (non-hydrogen) atoms. The molecule has 0 unspecified atom stereocenters. The van der Waals surface area contributed by atoms with E-state index in [4.69, 9.17) is 0 Å². The van der Waals surface area contributed by atoms with Crippen molar-refractivity contribution in [2.24, 2.45) is 11.8 Å². The van der Waals surface area contributed by atoms with Crippen molar-refractivity contribution in [3.8, 4) is 11.1 Å². The average Bonchev–Trinajstić information content (AvgIpc) is 3.09. The summed E-state index contributed by atoms with van der Waals surface area (Å²) in [5.74, 6) is -7.51. The number of unbranched alkanes of at least 4 members (excludes halogenated alkanes) is 2. The fraction of sp³-hybridized carbons (Fsp3) is 0.463. The molecule has 3 aromatic rings. The summed E-state index contributed by atoms with van der Waals surface area (Å²) in [7, 11) is 0. The van der Waals surface area contributed by atoms with Crippen molar-refractivity contribution < 1.29 is 35.1 Å². The number of allylic oxidation sites excluding steroid dienone is 3. The van der Waals surface area contributed by atoms with Crippen molar-refractivity contribution in [1.82, 2.24) is 0 Å². The maximum Gasteiger partial charge on any atom is 0.194 e. The summed E-state index contributed by atoms with van der Waals surface area (Å²) < 4.78 is 116. The maximum atomic E-state index is 15.4. The van der Waals surface area contributed by atoms with Crippen LogP contribution in [-0.4, -0.2) is 0 Å². The summed E-state index contributed by atoms with van der Waals surface area (Å²) in [6.07, 6.45) is 14.1. The van der Waals surface area contributed by atoms with Gasteiger partial charge < -0.3 is 0 Å². The summed E-state index contributed by atoms with van der Waals surface area (Å²) in [4.78, 5) is 0. The Kier molecular flexibility index (Phi) is 12.8. The van der Waals surface area contributed by atoms with Crippen molar-refractivity contribution in [2.45, 2.75) is 109 Å². The van der Waals surface area contributed by atoms with Gasteiger partial charge in [0.25, 0.3) is 0 Å². The van der Waals surface area contributed by atoms with Gasteiger partial charge in [-0.1, -0.05) is 37.1 Å². The smallest absolute Gasteiger partial charge is 0.194 e. The molecule has 0 spiro atoms. The van der Waals surface area contributed by atoms with E-state index in [9.17, 15) is 22.0 Å². The highest BCUT2D eigenvalue weighted by Crippen LogP contribution is 2.43. The zero-order valence-electron chi connectivity index (χ0n) is 27.9. The van der Waals surface area contributed by atoms with Crippen LogP contribution >= 0.6 is 0 Å². The van der Waals surface area contributed by atoms with Crippen LogP contribution in [0.25, 0.3) is 17.0 Å². The van der Waals surface area contributed by atoms with Crippen LogP contribution in [0.3, 0.4) is 0 Å². The van der Waals surface area contributed by atoms with Crippen molar-refractivity contribution in [2.75, 3.05) is 0 Å². The number of hydrogen-bond donors (Lipinski definition) is 0. The zero-order chi connectivity index (χ0) is 35.1. The SMILES string of the molecule is CC=CCCCCC(F)=C(F)c1ccc(-c2cc(F)c(C3CCC(CCC4CCC(c5cc(F)c(F)c(F)c5)CC4)CC3)c(F)c2)c(F)c1. The Bertz CT molecular complexity index is 1600. The highest BCUT2D eigenvalue weighted by Gasteiger charge is 2.29. The van der Waals surface area contributed by atoms with Crippen LogP contribution in [0.1, 0.15) is 125 Å². The molecule has 0 aliphatic heterocycles. The van der Waals surface area contributed by atoms with Gasteiger partial charge in [0.05, 0.1) is 0 Å². The minimum atomic E-state index is -1.44. The van der Waals surface area contributed by atoms with E-state index in [-0.39, 0.29) is 40.5 Å². The molecule has 0 radical (unpaired) electrons. The molecular weight excluding hydrogens is 644 g/mol. The number of benzene rings is 3. The van der Waals surface area contributed by atoms with Gasteiger partial charge in [0.15, 0.2) is 23.3 Å². The van der Waals surface area contributed by atoms with E-state index in [2.05, 4.69) is 0 Å². The number of rotatable bonds is 12. The van der Waals surface area contributed by atoms with E-state index >= 15 is 13.2 Å². The van der Waals surface area contributed by atoms with Crippen LogP contribution in [0, 0.1) is 46.7 Å². The Morgan fingerprint density at radius 3 is 1.78 bits per heavy atom. The molecule has 264 valence electrons. The highest BCUT2D eigenvalue weighted by atomic mass is 19.2. The Balaban J connectivity index is 1.12. The zero-order valence-corrected chi connectivity index (χ0v) is 27.9. The van der Waals surface area contributed by atoms with Crippen LogP contribution < -0.4 is 0 Å². The van der Waals surface area contributed by atoms with Crippen LogP contribution in [0.15, 0.2) is 60.4 Å². The summed E-state index contributed by atoms with van der Waals surface area (Å²) in [5, 5.41) is 0. The minimum Gasteiger partial charge on any atom is -0.209 e. The second-order valence-electron chi connectivity index (χ2n) is 13.9. The second-order valence-corrected chi connectivity index (χ2v) is 13.9. The van der Waals surface area contributed by atoms with E-state index in [0.29, 0.717) is 43.1 Å². The lowest BCUT2D eigenvalue weighted by Crippen LogP contribution is -2.18. The maximum absolute atomic E-state index is 15.4. The van der Waals surface area contributed by atoms with Gasteiger partial charge in [0, 0.05) is 23.1 Å². The molecule has 3 aromatic carbocycles. The molecule has 2 saturated carbocycles. The Labute approximate surface area is 284 Å². The van der Waals surface area contributed by atoms with Crippen molar-refractivity contribution in [3.05, 3.63) is 112 Å². The van der Waals surface area contributed by atoms with Gasteiger partial charge >= 0.3 is 0 Å². The molecule has 5 rings (SSSR count). The quantitative estimate of drug-likeness (QED) is 0.0769.